The first-order chi connectivity index (χ1) is 14.9. The molecule has 1 atom stereocenters. The molecular formula is C22H29ClFN5O4. The van der Waals surface area contributed by atoms with Gasteiger partial charge >= 0.3 is 5.97 Å². The molecule has 9 nitrogen and oxygen atoms in total. The highest BCUT2D eigenvalue weighted by Gasteiger charge is 2.41. The molecule has 2 aliphatic rings. The van der Waals surface area contributed by atoms with Crippen LogP contribution in [0.5, 0.6) is 0 Å². The molecule has 33 heavy (non-hydrogen) atoms. The molecule has 2 fully saturated rings. The van der Waals surface area contributed by atoms with Crippen LogP contribution in [0.2, 0.25) is 0 Å². The van der Waals surface area contributed by atoms with Crippen molar-refractivity contribution in [3.05, 3.63) is 33.9 Å². The van der Waals surface area contributed by atoms with E-state index in [-0.39, 0.29) is 47.4 Å². The third kappa shape index (κ3) is 4.67. The summed E-state index contributed by atoms with van der Waals surface area (Å²) in [4.78, 5) is 36.0. The zero-order valence-corrected chi connectivity index (χ0v) is 19.9. The minimum Gasteiger partial charge on any atom is -0.477 e. The second-order valence-corrected chi connectivity index (χ2v) is 9.84. The largest absolute Gasteiger partial charge is 0.477 e. The van der Waals surface area contributed by atoms with Crippen LogP contribution < -0.4 is 16.1 Å². The Labute approximate surface area is 196 Å². The Morgan fingerprint density at radius 2 is 2.09 bits per heavy atom. The monoisotopic (exact) mass is 481 g/mol. The van der Waals surface area contributed by atoms with Crippen molar-refractivity contribution in [2.24, 2.45) is 16.3 Å². The van der Waals surface area contributed by atoms with Gasteiger partial charge in [-0.2, -0.15) is 0 Å². The number of oxime groups is 1. The van der Waals surface area contributed by atoms with E-state index in [1.807, 2.05) is 27.7 Å². The van der Waals surface area contributed by atoms with Gasteiger partial charge in [0.15, 0.2) is 11.6 Å². The molecule has 0 radical (unpaired) electrons. The van der Waals surface area contributed by atoms with Gasteiger partial charge in [0.05, 0.1) is 17.6 Å². The first-order valence-corrected chi connectivity index (χ1v) is 10.6. The van der Waals surface area contributed by atoms with E-state index in [4.69, 9.17) is 10.6 Å². The molecule has 0 amide bonds. The van der Waals surface area contributed by atoms with Crippen LogP contribution in [0.3, 0.4) is 0 Å². The molecule has 3 N–H and O–H groups in total. The van der Waals surface area contributed by atoms with E-state index in [1.165, 1.54) is 6.20 Å². The second kappa shape index (κ2) is 8.57. The summed E-state index contributed by atoms with van der Waals surface area (Å²) in [5.41, 5.74) is 4.86. The number of hydrogen-bond acceptors (Lipinski definition) is 7. The summed E-state index contributed by atoms with van der Waals surface area (Å²) in [6, 6.07) is 1.14. The summed E-state index contributed by atoms with van der Waals surface area (Å²) in [6.45, 7) is 8.55. The molecule has 0 spiro atoms. The zero-order valence-electron chi connectivity index (χ0n) is 19.1. The van der Waals surface area contributed by atoms with Crippen LogP contribution >= 0.6 is 12.4 Å². The van der Waals surface area contributed by atoms with Crippen LogP contribution in [-0.4, -0.2) is 51.6 Å². The van der Waals surface area contributed by atoms with Crippen molar-refractivity contribution in [3.63, 3.8) is 0 Å². The predicted octanol–water partition coefficient (Wildman–Crippen LogP) is 2.95. The lowest BCUT2D eigenvalue weighted by Gasteiger charge is -2.24. The number of nitrogens with two attached hydrogens (primary N) is 1. The number of carboxylic acid groups (broad SMARTS) is 1. The molecule has 2 aromatic rings. The lowest BCUT2D eigenvalue weighted by Crippen LogP contribution is -2.36. The van der Waals surface area contributed by atoms with Gasteiger partial charge < -0.3 is 25.1 Å². The summed E-state index contributed by atoms with van der Waals surface area (Å²) in [7, 11) is 0. The Balaban J connectivity index is 0.00000306. The molecule has 1 aliphatic carbocycles. The number of anilines is 1. The summed E-state index contributed by atoms with van der Waals surface area (Å²) < 4.78 is 16.9. The summed E-state index contributed by atoms with van der Waals surface area (Å²) in [5.74, 6) is -1.96. The molecule has 1 saturated heterocycles. The van der Waals surface area contributed by atoms with E-state index in [1.54, 1.807) is 9.47 Å². The van der Waals surface area contributed by atoms with E-state index in [0.29, 0.717) is 18.8 Å². The number of rotatable bonds is 5. The molecule has 0 aromatic carbocycles. The third-order valence-electron chi connectivity index (χ3n) is 5.87. The summed E-state index contributed by atoms with van der Waals surface area (Å²) >= 11 is 0. The molecule has 180 valence electrons. The van der Waals surface area contributed by atoms with Crippen LogP contribution in [0, 0.1) is 11.2 Å². The fraction of sp³-hybridized carbons (Fsp3) is 0.545. The van der Waals surface area contributed by atoms with Crippen molar-refractivity contribution in [3.8, 4) is 0 Å². The Bertz CT molecular complexity index is 1190. The smallest absolute Gasteiger partial charge is 0.341 e. The van der Waals surface area contributed by atoms with E-state index in [9.17, 15) is 14.7 Å². The number of aromatic carboxylic acids is 1. The third-order valence-corrected chi connectivity index (χ3v) is 5.87. The van der Waals surface area contributed by atoms with E-state index in [2.05, 4.69) is 10.1 Å². The lowest BCUT2D eigenvalue weighted by atomic mass is 9.88. The van der Waals surface area contributed by atoms with Gasteiger partial charge in [0.2, 0.25) is 5.43 Å². The maximum atomic E-state index is 15.2. The van der Waals surface area contributed by atoms with Gasteiger partial charge in [0.1, 0.15) is 16.8 Å². The molecule has 4 rings (SSSR count). The molecule has 3 heterocycles. The average Bonchev–Trinajstić information content (AvgIpc) is 3.49. The number of halogens is 2. The molecule has 1 unspecified atom stereocenters. The Morgan fingerprint density at radius 1 is 1.42 bits per heavy atom. The number of fused-ring (bicyclic) bond motifs is 1. The Morgan fingerprint density at radius 3 is 2.64 bits per heavy atom. The van der Waals surface area contributed by atoms with Crippen molar-refractivity contribution < 1.29 is 19.1 Å². The van der Waals surface area contributed by atoms with Crippen molar-refractivity contribution >= 4 is 40.9 Å². The number of carboxylic acids is 1. The van der Waals surface area contributed by atoms with Gasteiger partial charge in [-0.15, -0.1) is 12.4 Å². The first kappa shape index (κ1) is 24.9. The first-order valence-electron chi connectivity index (χ1n) is 10.6. The highest BCUT2D eigenvalue weighted by molar-refractivity contribution is 5.97. The fourth-order valence-corrected chi connectivity index (χ4v) is 3.85. The second-order valence-electron chi connectivity index (χ2n) is 9.84. The molecule has 0 bridgehead atoms. The van der Waals surface area contributed by atoms with Crippen LogP contribution in [0.15, 0.2) is 22.2 Å². The maximum absolute atomic E-state index is 15.2. The van der Waals surface area contributed by atoms with Gasteiger partial charge in [0.25, 0.3) is 0 Å². The summed E-state index contributed by atoms with van der Waals surface area (Å²) in [6.07, 6.45) is 3.01. The standard InChI is InChI=1S/C22H28FN5O4.ClH/c1-21(2,3)32-26-16-9-27(11-22(16,4)10-24)19-15(23)7-13-17(29)14(20(30)31)8-28(12-5-6-12)18(13)25-19;/h7-8,12H,5-6,9-11,24H2,1-4H3,(H,30,31);1H/b26-16+;. The van der Waals surface area contributed by atoms with Crippen molar-refractivity contribution in [2.75, 3.05) is 24.5 Å². The highest BCUT2D eigenvalue weighted by atomic mass is 35.5. The van der Waals surface area contributed by atoms with Crippen LogP contribution in [0.4, 0.5) is 10.2 Å². The zero-order chi connectivity index (χ0) is 23.4. The highest BCUT2D eigenvalue weighted by Crippen LogP contribution is 2.38. The van der Waals surface area contributed by atoms with Crippen LogP contribution in [0.25, 0.3) is 11.0 Å². The minimum absolute atomic E-state index is 0. The fourth-order valence-electron chi connectivity index (χ4n) is 3.85. The SMILES string of the molecule is CC(C)(C)O/N=C1\CN(c2nc3c(cc2F)c(=O)c(C(=O)O)cn3C2CC2)CC1(C)CN.Cl. The van der Waals surface area contributed by atoms with E-state index >= 15 is 4.39 Å². The molecule has 1 aliphatic heterocycles. The van der Waals surface area contributed by atoms with Crippen molar-refractivity contribution in [1.29, 1.82) is 0 Å². The predicted molar refractivity (Wildman–Crippen MR) is 126 cm³/mol. The minimum atomic E-state index is -1.34. The number of carbonyl (C=O) groups is 1. The molecule has 1 saturated carbocycles. The number of nitrogens with zero attached hydrogens (tertiary/aromatic N) is 4. The molecule has 2 aromatic heterocycles. The number of hydrogen-bond donors (Lipinski definition) is 2. The lowest BCUT2D eigenvalue weighted by molar-refractivity contribution is -0.000438. The Kier molecular flexibility index (Phi) is 6.47. The van der Waals surface area contributed by atoms with Crippen LogP contribution in [0.1, 0.15) is 56.9 Å². The quantitative estimate of drug-likeness (QED) is 0.629. The van der Waals surface area contributed by atoms with Gasteiger partial charge in [-0.25, -0.2) is 14.2 Å². The topological polar surface area (TPSA) is 123 Å². The number of pyridine rings is 2. The summed E-state index contributed by atoms with van der Waals surface area (Å²) in [5, 5.41) is 13.7. The van der Waals surface area contributed by atoms with Gasteiger partial charge in [0, 0.05) is 30.7 Å². The van der Waals surface area contributed by atoms with Crippen molar-refractivity contribution in [2.45, 2.75) is 52.2 Å². The molecule has 11 heteroatoms. The average molecular weight is 482 g/mol. The van der Waals surface area contributed by atoms with Gasteiger partial charge in [-0.1, -0.05) is 12.1 Å². The van der Waals surface area contributed by atoms with Crippen molar-refractivity contribution in [1.82, 2.24) is 9.55 Å². The van der Waals surface area contributed by atoms with E-state index < -0.39 is 28.2 Å². The normalized spacial score (nSPS) is 22.0. The maximum Gasteiger partial charge on any atom is 0.341 e. The Hall–Kier alpha value is -2.72. The van der Waals surface area contributed by atoms with Gasteiger partial charge in [-0.3, -0.25) is 4.79 Å². The van der Waals surface area contributed by atoms with Gasteiger partial charge in [-0.05, 0) is 39.7 Å². The van der Waals surface area contributed by atoms with Crippen LogP contribution in [-0.2, 0) is 4.84 Å². The number of aromatic nitrogens is 2. The van der Waals surface area contributed by atoms with E-state index in [0.717, 1.165) is 18.9 Å². The molecular weight excluding hydrogens is 453 g/mol.